The summed E-state index contributed by atoms with van der Waals surface area (Å²) in [4.78, 5) is 0. The molecule has 1 aromatic heterocycles. The van der Waals surface area contributed by atoms with Gasteiger partial charge in [-0.3, -0.25) is 4.68 Å². The standard InChI is InChI=1S/C10H18N4O/c1-9(10-3-4-11-13(10)2)12-14-5-7-15-8-6-14/h3-4,9,12H,5-8H2,1-2H3. The zero-order valence-corrected chi connectivity index (χ0v) is 9.31. The molecular formula is C10H18N4O. The van der Waals surface area contributed by atoms with Crippen LogP contribution >= 0.6 is 0 Å². The maximum Gasteiger partial charge on any atom is 0.0608 e. The van der Waals surface area contributed by atoms with Gasteiger partial charge >= 0.3 is 0 Å². The van der Waals surface area contributed by atoms with Crippen LogP contribution in [0.25, 0.3) is 0 Å². The third kappa shape index (κ3) is 2.56. The van der Waals surface area contributed by atoms with Gasteiger partial charge in [0.05, 0.1) is 24.9 Å². The zero-order chi connectivity index (χ0) is 10.7. The highest BCUT2D eigenvalue weighted by Gasteiger charge is 2.15. The topological polar surface area (TPSA) is 42.3 Å². The van der Waals surface area contributed by atoms with Crippen LogP contribution < -0.4 is 5.43 Å². The third-order valence-corrected chi connectivity index (χ3v) is 2.69. The highest BCUT2D eigenvalue weighted by atomic mass is 16.5. The second kappa shape index (κ2) is 4.74. The number of rotatable bonds is 3. The van der Waals surface area contributed by atoms with Gasteiger partial charge in [-0.05, 0) is 13.0 Å². The van der Waals surface area contributed by atoms with Gasteiger partial charge in [-0.2, -0.15) is 5.10 Å². The van der Waals surface area contributed by atoms with Crippen molar-refractivity contribution in [2.45, 2.75) is 13.0 Å². The fourth-order valence-electron chi connectivity index (χ4n) is 1.84. The van der Waals surface area contributed by atoms with Crippen molar-refractivity contribution in [1.82, 2.24) is 20.2 Å². The fraction of sp³-hybridized carbons (Fsp3) is 0.700. The molecule has 1 unspecified atom stereocenters. The smallest absolute Gasteiger partial charge is 0.0608 e. The quantitative estimate of drug-likeness (QED) is 0.780. The number of hydrazine groups is 1. The van der Waals surface area contributed by atoms with Crippen molar-refractivity contribution in [3.8, 4) is 0 Å². The molecular weight excluding hydrogens is 192 g/mol. The Morgan fingerprint density at radius 3 is 2.80 bits per heavy atom. The molecule has 0 bridgehead atoms. The summed E-state index contributed by atoms with van der Waals surface area (Å²) < 4.78 is 7.20. The van der Waals surface area contributed by atoms with Crippen molar-refractivity contribution in [2.24, 2.45) is 7.05 Å². The van der Waals surface area contributed by atoms with E-state index >= 15 is 0 Å². The lowest BCUT2D eigenvalue weighted by Gasteiger charge is -2.30. The molecule has 0 aliphatic carbocycles. The van der Waals surface area contributed by atoms with Crippen molar-refractivity contribution >= 4 is 0 Å². The molecule has 1 aliphatic heterocycles. The average Bonchev–Trinajstić information content (AvgIpc) is 2.66. The van der Waals surface area contributed by atoms with Crippen LogP contribution in [0, 0.1) is 0 Å². The van der Waals surface area contributed by atoms with Gasteiger partial charge < -0.3 is 4.74 Å². The van der Waals surface area contributed by atoms with Crippen LogP contribution in [0.2, 0.25) is 0 Å². The number of nitrogens with zero attached hydrogens (tertiary/aromatic N) is 3. The SMILES string of the molecule is CC(NN1CCOCC1)c1ccnn1C. The Bertz CT molecular complexity index is 306. The summed E-state index contributed by atoms with van der Waals surface area (Å²) in [5.41, 5.74) is 4.65. The van der Waals surface area contributed by atoms with Gasteiger partial charge in [0.25, 0.3) is 0 Å². The van der Waals surface area contributed by atoms with Gasteiger partial charge in [0.1, 0.15) is 0 Å². The maximum absolute atomic E-state index is 5.30. The Hall–Kier alpha value is -0.910. The molecule has 1 aromatic rings. The van der Waals surface area contributed by atoms with Crippen molar-refractivity contribution in [3.05, 3.63) is 18.0 Å². The average molecular weight is 210 g/mol. The molecule has 5 heteroatoms. The number of hydrogen-bond acceptors (Lipinski definition) is 4. The van der Waals surface area contributed by atoms with E-state index in [2.05, 4.69) is 22.5 Å². The maximum atomic E-state index is 5.30. The summed E-state index contributed by atoms with van der Waals surface area (Å²) in [7, 11) is 1.97. The van der Waals surface area contributed by atoms with Gasteiger partial charge in [-0.25, -0.2) is 10.4 Å². The summed E-state index contributed by atoms with van der Waals surface area (Å²) in [5, 5.41) is 6.37. The number of ether oxygens (including phenoxy) is 1. The van der Waals surface area contributed by atoms with Gasteiger partial charge in [0.15, 0.2) is 0 Å². The summed E-state index contributed by atoms with van der Waals surface area (Å²) in [6.45, 7) is 5.66. The molecule has 0 radical (unpaired) electrons. The Morgan fingerprint density at radius 2 is 2.20 bits per heavy atom. The summed E-state index contributed by atoms with van der Waals surface area (Å²) >= 11 is 0. The molecule has 1 saturated heterocycles. The van der Waals surface area contributed by atoms with E-state index in [0.717, 1.165) is 26.3 Å². The molecule has 0 aromatic carbocycles. The van der Waals surface area contributed by atoms with E-state index in [9.17, 15) is 0 Å². The third-order valence-electron chi connectivity index (χ3n) is 2.69. The predicted octanol–water partition coefficient (Wildman–Crippen LogP) is 0.318. The first kappa shape index (κ1) is 10.6. The van der Waals surface area contributed by atoms with Gasteiger partial charge in [0, 0.05) is 26.3 Å². The molecule has 0 saturated carbocycles. The van der Waals surface area contributed by atoms with Crippen LogP contribution in [0.4, 0.5) is 0 Å². The second-order valence-corrected chi connectivity index (χ2v) is 3.83. The molecule has 2 rings (SSSR count). The molecule has 1 fully saturated rings. The lowest BCUT2D eigenvalue weighted by molar-refractivity contribution is 0.00426. The van der Waals surface area contributed by atoms with Gasteiger partial charge in [0.2, 0.25) is 0 Å². The minimum absolute atomic E-state index is 0.288. The molecule has 1 aliphatic rings. The van der Waals surface area contributed by atoms with Crippen LogP contribution in [0.1, 0.15) is 18.7 Å². The molecule has 0 spiro atoms. The normalized spacial score (nSPS) is 20.4. The van der Waals surface area contributed by atoms with Crippen LogP contribution in [0.15, 0.2) is 12.3 Å². The van der Waals surface area contributed by atoms with Gasteiger partial charge in [-0.15, -0.1) is 0 Å². The molecule has 1 N–H and O–H groups in total. The summed E-state index contributed by atoms with van der Waals surface area (Å²) in [5.74, 6) is 0. The number of aryl methyl sites for hydroxylation is 1. The summed E-state index contributed by atoms with van der Waals surface area (Å²) in [6.07, 6.45) is 1.83. The fourth-order valence-corrected chi connectivity index (χ4v) is 1.84. The van der Waals surface area contributed by atoms with Gasteiger partial charge in [-0.1, -0.05) is 0 Å². The Morgan fingerprint density at radius 1 is 1.47 bits per heavy atom. The van der Waals surface area contributed by atoms with E-state index < -0.39 is 0 Å². The predicted molar refractivity (Wildman–Crippen MR) is 57.2 cm³/mol. The molecule has 5 nitrogen and oxygen atoms in total. The first-order chi connectivity index (χ1) is 7.27. The molecule has 15 heavy (non-hydrogen) atoms. The van der Waals surface area contributed by atoms with Crippen molar-refractivity contribution in [1.29, 1.82) is 0 Å². The number of morpholine rings is 1. The van der Waals surface area contributed by atoms with Crippen LogP contribution in [-0.4, -0.2) is 41.1 Å². The van der Waals surface area contributed by atoms with Crippen LogP contribution in [0.3, 0.4) is 0 Å². The van der Waals surface area contributed by atoms with Crippen molar-refractivity contribution < 1.29 is 4.74 Å². The van der Waals surface area contributed by atoms with Crippen LogP contribution in [-0.2, 0) is 11.8 Å². The number of hydrogen-bond donors (Lipinski definition) is 1. The van der Waals surface area contributed by atoms with Crippen molar-refractivity contribution in [2.75, 3.05) is 26.3 Å². The minimum Gasteiger partial charge on any atom is -0.379 e. The lowest BCUT2D eigenvalue weighted by atomic mass is 10.2. The second-order valence-electron chi connectivity index (χ2n) is 3.83. The van der Waals surface area contributed by atoms with E-state index in [1.807, 2.05) is 24.0 Å². The number of aromatic nitrogens is 2. The lowest BCUT2D eigenvalue weighted by Crippen LogP contribution is -2.46. The summed E-state index contributed by atoms with van der Waals surface area (Å²) in [6, 6.07) is 2.33. The first-order valence-corrected chi connectivity index (χ1v) is 5.34. The molecule has 84 valence electrons. The van der Waals surface area contributed by atoms with E-state index in [1.54, 1.807) is 0 Å². The Kier molecular flexibility index (Phi) is 3.35. The Balaban J connectivity index is 1.91. The van der Waals surface area contributed by atoms with E-state index in [4.69, 9.17) is 4.74 Å². The van der Waals surface area contributed by atoms with E-state index in [1.165, 1.54) is 5.69 Å². The Labute approximate surface area is 90.0 Å². The highest BCUT2D eigenvalue weighted by molar-refractivity contribution is 5.04. The van der Waals surface area contributed by atoms with Crippen LogP contribution in [0.5, 0.6) is 0 Å². The monoisotopic (exact) mass is 210 g/mol. The molecule has 2 heterocycles. The van der Waals surface area contributed by atoms with E-state index in [0.29, 0.717) is 0 Å². The van der Waals surface area contributed by atoms with Crippen molar-refractivity contribution in [3.63, 3.8) is 0 Å². The highest BCUT2D eigenvalue weighted by Crippen LogP contribution is 2.11. The minimum atomic E-state index is 0.288. The number of nitrogens with one attached hydrogen (secondary N) is 1. The first-order valence-electron chi connectivity index (χ1n) is 5.34. The zero-order valence-electron chi connectivity index (χ0n) is 9.31. The largest absolute Gasteiger partial charge is 0.379 e. The van der Waals surface area contributed by atoms with E-state index in [-0.39, 0.29) is 6.04 Å². The molecule has 1 atom stereocenters. The molecule has 0 amide bonds.